The average molecular weight is 687 g/mol. The molecule has 0 saturated carbocycles. The molecule has 0 fully saturated rings. The topological polar surface area (TPSA) is 111 Å². The zero-order valence-corrected chi connectivity index (χ0v) is 25.4. The second-order valence-electron chi connectivity index (χ2n) is 10.6. The highest BCUT2D eigenvalue weighted by molar-refractivity contribution is 6.11. The monoisotopic (exact) mass is 686 g/mol. The number of hydrogen-bond donors (Lipinski definition) is 2. The predicted octanol–water partition coefficient (Wildman–Crippen LogP) is 5.95. The second kappa shape index (κ2) is 15.5. The summed E-state index contributed by atoms with van der Waals surface area (Å²) in [5, 5.41) is 3.04. The Balaban J connectivity index is 1.49. The lowest BCUT2D eigenvalue weighted by Gasteiger charge is -2.31. The molecular weight excluding hydrogens is 658 g/mol. The van der Waals surface area contributed by atoms with Crippen molar-refractivity contribution >= 4 is 23.8 Å². The van der Waals surface area contributed by atoms with Crippen LogP contribution in [0, 0.1) is 0 Å². The van der Waals surface area contributed by atoms with Crippen LogP contribution in [0.5, 0.6) is 5.75 Å². The maximum Gasteiger partial charge on any atom is 0.405 e. The lowest BCUT2D eigenvalue weighted by Crippen LogP contribution is -2.59. The van der Waals surface area contributed by atoms with Crippen molar-refractivity contribution in [2.45, 2.75) is 24.2 Å². The van der Waals surface area contributed by atoms with Crippen LogP contribution in [-0.4, -0.2) is 55.8 Å². The number of nitrogens with one attached hydrogen (secondary N) is 2. The lowest BCUT2D eigenvalue weighted by atomic mass is 9.79. The third-order valence-electron chi connectivity index (χ3n) is 7.10. The molecule has 0 unspecified atom stereocenters. The van der Waals surface area contributed by atoms with E-state index in [1.54, 1.807) is 24.3 Å². The molecule has 8 nitrogen and oxygen atoms in total. The van der Waals surface area contributed by atoms with Gasteiger partial charge in [0.05, 0.1) is 12.0 Å². The van der Waals surface area contributed by atoms with E-state index in [1.807, 2.05) is 30.3 Å². The van der Waals surface area contributed by atoms with E-state index in [-0.39, 0.29) is 11.3 Å². The van der Waals surface area contributed by atoms with E-state index in [0.29, 0.717) is 16.7 Å². The maximum absolute atomic E-state index is 13.2. The summed E-state index contributed by atoms with van der Waals surface area (Å²) < 4.78 is 88.5. The van der Waals surface area contributed by atoms with Crippen molar-refractivity contribution in [3.05, 3.63) is 126 Å². The minimum absolute atomic E-state index is 0.135. The number of benzene rings is 4. The zero-order chi connectivity index (χ0) is 35.7. The lowest BCUT2D eigenvalue weighted by molar-refractivity contribution is -0.157. The number of amides is 2. The van der Waals surface area contributed by atoms with Crippen LogP contribution in [-0.2, 0) is 31.0 Å². The molecule has 0 atom stereocenters. The predicted molar refractivity (Wildman–Crippen MR) is 164 cm³/mol. The van der Waals surface area contributed by atoms with E-state index in [2.05, 4.69) is 0 Å². The maximum atomic E-state index is 13.2. The summed E-state index contributed by atoms with van der Waals surface area (Å²) in [7, 11) is 0. The first kappa shape index (κ1) is 36.2. The van der Waals surface area contributed by atoms with Crippen molar-refractivity contribution < 1.29 is 55.0 Å². The molecule has 0 aliphatic carbocycles. The standard InChI is InChI=1S/C35H28F6N2O6/c36-34(37,38)20-42-31(46)33(25-11-5-2-6-12-25,32(47)43-21-35(39,40)41)22-48-29(44)19-23-15-17-26(18-16-23)49-30(45)28-14-8-7-13-27(28)24-9-3-1-4-10-24/h1-18H,19-22H2,(H,42,46)(H,43,47). The fraction of sp³-hybridized carbons (Fsp3) is 0.200. The van der Waals surface area contributed by atoms with Crippen LogP contribution in [0.3, 0.4) is 0 Å². The Morgan fingerprint density at radius 2 is 1.12 bits per heavy atom. The summed E-state index contributed by atoms with van der Waals surface area (Å²) in [6.45, 7) is -5.04. The first-order chi connectivity index (χ1) is 23.2. The van der Waals surface area contributed by atoms with E-state index < -0.39 is 67.6 Å². The first-order valence-electron chi connectivity index (χ1n) is 14.5. The van der Waals surface area contributed by atoms with Gasteiger partial charge in [0.1, 0.15) is 25.4 Å². The molecule has 0 spiro atoms. The molecule has 0 aliphatic rings. The third-order valence-corrected chi connectivity index (χ3v) is 7.10. The molecule has 2 N–H and O–H groups in total. The van der Waals surface area contributed by atoms with Crippen LogP contribution in [0.1, 0.15) is 21.5 Å². The number of alkyl halides is 6. The molecule has 0 radical (unpaired) electrons. The molecule has 0 aromatic heterocycles. The number of carbonyl (C=O) groups excluding carboxylic acids is 4. The molecule has 0 saturated heterocycles. The first-order valence-corrected chi connectivity index (χ1v) is 14.5. The van der Waals surface area contributed by atoms with Crippen LogP contribution in [0.4, 0.5) is 26.3 Å². The van der Waals surface area contributed by atoms with E-state index in [0.717, 1.165) is 17.7 Å². The highest BCUT2D eigenvalue weighted by atomic mass is 19.4. The molecule has 0 aliphatic heterocycles. The number of esters is 2. The Morgan fingerprint density at radius 1 is 0.612 bits per heavy atom. The minimum Gasteiger partial charge on any atom is -0.463 e. The molecule has 4 rings (SSSR count). The molecule has 256 valence electrons. The van der Waals surface area contributed by atoms with Gasteiger partial charge >= 0.3 is 24.3 Å². The van der Waals surface area contributed by atoms with Gasteiger partial charge in [-0.2, -0.15) is 26.3 Å². The smallest absolute Gasteiger partial charge is 0.405 e. The fourth-order valence-corrected chi connectivity index (χ4v) is 4.74. The van der Waals surface area contributed by atoms with Crippen LogP contribution in [0.15, 0.2) is 109 Å². The largest absolute Gasteiger partial charge is 0.463 e. The van der Waals surface area contributed by atoms with Crippen LogP contribution in [0.25, 0.3) is 11.1 Å². The molecule has 4 aromatic carbocycles. The molecule has 4 aromatic rings. The number of halogens is 6. The van der Waals surface area contributed by atoms with Gasteiger partial charge in [0, 0.05) is 0 Å². The van der Waals surface area contributed by atoms with Crippen molar-refractivity contribution in [1.29, 1.82) is 0 Å². The Hall–Kier alpha value is -5.66. The molecule has 0 heterocycles. The van der Waals surface area contributed by atoms with Crippen LogP contribution < -0.4 is 15.4 Å². The Morgan fingerprint density at radius 3 is 1.67 bits per heavy atom. The summed E-state index contributed by atoms with van der Waals surface area (Å²) >= 11 is 0. The molecule has 49 heavy (non-hydrogen) atoms. The normalized spacial score (nSPS) is 11.7. The van der Waals surface area contributed by atoms with Gasteiger partial charge in [-0.15, -0.1) is 0 Å². The second-order valence-corrected chi connectivity index (χ2v) is 10.6. The summed E-state index contributed by atoms with van der Waals surface area (Å²) in [4.78, 5) is 52.2. The van der Waals surface area contributed by atoms with E-state index in [9.17, 15) is 45.5 Å². The van der Waals surface area contributed by atoms with Gasteiger partial charge in [0.2, 0.25) is 11.8 Å². The molecule has 2 amide bonds. The fourth-order valence-electron chi connectivity index (χ4n) is 4.74. The number of ether oxygens (including phenoxy) is 2. The highest BCUT2D eigenvalue weighted by Crippen LogP contribution is 2.29. The Labute approximate surface area is 276 Å². The number of rotatable bonds is 12. The molecular formula is C35H28F6N2O6. The van der Waals surface area contributed by atoms with Gasteiger partial charge in [-0.25, -0.2) is 4.79 Å². The van der Waals surface area contributed by atoms with Crippen molar-refractivity contribution in [2.75, 3.05) is 19.7 Å². The van der Waals surface area contributed by atoms with E-state index >= 15 is 0 Å². The van der Waals surface area contributed by atoms with Gasteiger partial charge in [0.15, 0.2) is 5.41 Å². The van der Waals surface area contributed by atoms with Crippen molar-refractivity contribution in [2.24, 2.45) is 0 Å². The summed E-state index contributed by atoms with van der Waals surface area (Å²) in [6.07, 6.45) is -10.3. The summed E-state index contributed by atoms with van der Waals surface area (Å²) in [5.41, 5.74) is -1.07. The SMILES string of the molecule is O=C(Cc1ccc(OC(=O)c2ccccc2-c2ccccc2)cc1)OCC(C(=O)NCC(F)(F)F)(C(=O)NCC(F)(F)F)c1ccccc1. The van der Waals surface area contributed by atoms with Crippen LogP contribution >= 0.6 is 0 Å². The van der Waals surface area contributed by atoms with Gasteiger partial charge in [-0.05, 0) is 40.5 Å². The summed E-state index contributed by atoms with van der Waals surface area (Å²) in [6, 6.07) is 28.0. The highest BCUT2D eigenvalue weighted by Gasteiger charge is 2.50. The molecule has 0 bridgehead atoms. The van der Waals surface area contributed by atoms with Gasteiger partial charge in [0.25, 0.3) is 0 Å². The quantitative estimate of drug-likeness (QED) is 0.0825. The van der Waals surface area contributed by atoms with E-state index in [4.69, 9.17) is 9.47 Å². The number of hydrogen-bond acceptors (Lipinski definition) is 6. The van der Waals surface area contributed by atoms with E-state index in [1.165, 1.54) is 53.1 Å². The van der Waals surface area contributed by atoms with Gasteiger partial charge < -0.3 is 20.1 Å². The van der Waals surface area contributed by atoms with Gasteiger partial charge in [-0.1, -0.05) is 91.0 Å². The van der Waals surface area contributed by atoms with Crippen LogP contribution in [0.2, 0.25) is 0 Å². The summed E-state index contributed by atoms with van der Waals surface area (Å²) in [5.74, 6) is -4.84. The van der Waals surface area contributed by atoms with Crippen molar-refractivity contribution in [3.8, 4) is 16.9 Å². The Kier molecular flexibility index (Phi) is 11.4. The van der Waals surface area contributed by atoms with Gasteiger partial charge in [-0.3, -0.25) is 14.4 Å². The zero-order valence-electron chi connectivity index (χ0n) is 25.4. The third kappa shape index (κ3) is 9.92. The number of carbonyl (C=O) groups is 4. The Bertz CT molecular complexity index is 1730. The average Bonchev–Trinajstić information content (AvgIpc) is 3.07. The van der Waals surface area contributed by atoms with Crippen molar-refractivity contribution in [3.63, 3.8) is 0 Å². The molecule has 14 heteroatoms. The van der Waals surface area contributed by atoms with Crippen molar-refractivity contribution in [1.82, 2.24) is 10.6 Å². The minimum atomic E-state index is -4.93.